The van der Waals surface area contributed by atoms with Gasteiger partial charge in [-0.05, 0) is 48.4 Å². The van der Waals surface area contributed by atoms with Gasteiger partial charge in [0.25, 0.3) is 0 Å². The van der Waals surface area contributed by atoms with Crippen molar-refractivity contribution in [2.24, 2.45) is 0 Å². The molecule has 3 aromatic heterocycles. The number of rotatable bonds is 3. The van der Waals surface area contributed by atoms with Gasteiger partial charge in [0.2, 0.25) is 0 Å². The van der Waals surface area contributed by atoms with Gasteiger partial charge in [0, 0.05) is 22.7 Å². The predicted octanol–water partition coefficient (Wildman–Crippen LogP) is 5.17. The van der Waals surface area contributed by atoms with Crippen molar-refractivity contribution in [1.29, 1.82) is 0 Å². The Labute approximate surface area is 159 Å². The molecule has 0 aliphatic heterocycles. The number of aromatic nitrogens is 4. The molecular formula is C21H15FN4S. The first-order valence-corrected chi connectivity index (χ1v) is 9.59. The number of halogens is 1. The highest BCUT2D eigenvalue weighted by atomic mass is 32.2. The van der Waals surface area contributed by atoms with Crippen LogP contribution in [0.3, 0.4) is 0 Å². The second-order valence-electron chi connectivity index (χ2n) is 6.42. The number of hydrogen-bond donors (Lipinski definition) is 0. The van der Waals surface area contributed by atoms with Crippen LogP contribution < -0.4 is 0 Å². The number of nitrogens with zero attached hydrogens (tertiary/aromatic N) is 4. The van der Waals surface area contributed by atoms with Gasteiger partial charge in [-0.3, -0.25) is 9.38 Å². The second-order valence-corrected chi connectivity index (χ2v) is 7.36. The third-order valence-corrected chi connectivity index (χ3v) is 5.71. The van der Waals surface area contributed by atoms with Gasteiger partial charge in [0.1, 0.15) is 5.82 Å². The lowest BCUT2D eigenvalue weighted by Crippen LogP contribution is -1.94. The fourth-order valence-electron chi connectivity index (χ4n) is 3.42. The van der Waals surface area contributed by atoms with Crippen LogP contribution in [0.4, 0.5) is 4.39 Å². The third kappa shape index (κ3) is 2.64. The number of fused-ring (bicyclic) bond motifs is 4. The molecule has 132 valence electrons. The van der Waals surface area contributed by atoms with Crippen molar-refractivity contribution < 1.29 is 4.39 Å². The summed E-state index contributed by atoms with van der Waals surface area (Å²) < 4.78 is 16.1. The maximum Gasteiger partial charge on any atom is 0.196 e. The van der Waals surface area contributed by atoms with Gasteiger partial charge in [0.15, 0.2) is 10.8 Å². The lowest BCUT2D eigenvalue weighted by atomic mass is 10.1. The van der Waals surface area contributed by atoms with Gasteiger partial charge in [-0.1, -0.05) is 36.0 Å². The highest BCUT2D eigenvalue weighted by molar-refractivity contribution is 7.98. The smallest absolute Gasteiger partial charge is 0.196 e. The summed E-state index contributed by atoms with van der Waals surface area (Å²) in [7, 11) is 0. The molecule has 2 aromatic carbocycles. The quantitative estimate of drug-likeness (QED) is 0.409. The van der Waals surface area contributed by atoms with Crippen LogP contribution >= 0.6 is 11.8 Å². The second kappa shape index (κ2) is 6.32. The van der Waals surface area contributed by atoms with Crippen LogP contribution in [0.25, 0.3) is 27.5 Å². The molecule has 0 amide bonds. The summed E-state index contributed by atoms with van der Waals surface area (Å²) in [5, 5.41) is 11.3. The summed E-state index contributed by atoms with van der Waals surface area (Å²) in [6.07, 6.45) is 1.69. The Balaban J connectivity index is 1.59. The van der Waals surface area contributed by atoms with Crippen LogP contribution in [-0.2, 0) is 5.75 Å². The number of benzene rings is 2. The number of aryl methyl sites for hydroxylation is 1. The van der Waals surface area contributed by atoms with Gasteiger partial charge < -0.3 is 0 Å². The molecule has 0 atom stereocenters. The monoisotopic (exact) mass is 374 g/mol. The highest BCUT2D eigenvalue weighted by Gasteiger charge is 2.13. The van der Waals surface area contributed by atoms with Crippen molar-refractivity contribution in [1.82, 2.24) is 19.6 Å². The average Bonchev–Trinajstić information content (AvgIpc) is 3.11. The summed E-state index contributed by atoms with van der Waals surface area (Å²) in [6, 6.07) is 17.1. The van der Waals surface area contributed by atoms with Gasteiger partial charge in [0.05, 0.1) is 11.0 Å². The van der Waals surface area contributed by atoms with Crippen molar-refractivity contribution in [2.75, 3.05) is 0 Å². The topological polar surface area (TPSA) is 43.1 Å². The van der Waals surface area contributed by atoms with Crippen molar-refractivity contribution >= 4 is 39.2 Å². The van der Waals surface area contributed by atoms with Gasteiger partial charge >= 0.3 is 0 Å². The molecule has 0 unspecified atom stereocenters. The lowest BCUT2D eigenvalue weighted by Gasteiger charge is -2.08. The maximum absolute atomic E-state index is 14.0. The van der Waals surface area contributed by atoms with Crippen molar-refractivity contribution in [2.45, 2.75) is 17.8 Å². The Morgan fingerprint density at radius 3 is 2.78 bits per heavy atom. The lowest BCUT2D eigenvalue weighted by molar-refractivity contribution is 0.639. The minimum absolute atomic E-state index is 0.249. The van der Waals surface area contributed by atoms with E-state index >= 15 is 0 Å². The van der Waals surface area contributed by atoms with E-state index in [1.165, 1.54) is 17.0 Å². The molecule has 0 fully saturated rings. The van der Waals surface area contributed by atoms with Gasteiger partial charge in [-0.15, -0.1) is 10.2 Å². The zero-order valence-electron chi connectivity index (χ0n) is 14.6. The molecule has 0 saturated carbocycles. The Morgan fingerprint density at radius 1 is 1.00 bits per heavy atom. The minimum atomic E-state index is -0.249. The number of hydrogen-bond acceptors (Lipinski definition) is 4. The van der Waals surface area contributed by atoms with Gasteiger partial charge in [-0.25, -0.2) is 4.39 Å². The molecule has 0 aliphatic rings. The SMILES string of the molecule is Cc1cc2nnc(SCc3ccc(F)c4cccnc34)n2c2ccccc12. The Bertz CT molecular complexity index is 1310. The fraction of sp³-hybridized carbons (Fsp3) is 0.0952. The van der Waals surface area contributed by atoms with E-state index in [0.717, 1.165) is 21.9 Å². The molecule has 0 aliphatic carbocycles. The summed E-state index contributed by atoms with van der Waals surface area (Å²) in [5.41, 5.74) is 4.76. The molecule has 5 aromatic rings. The highest BCUT2D eigenvalue weighted by Crippen LogP contribution is 2.29. The Kier molecular flexibility index (Phi) is 3.79. The number of pyridine rings is 2. The minimum Gasteiger partial charge on any atom is -0.270 e. The van der Waals surface area contributed by atoms with E-state index in [4.69, 9.17) is 0 Å². The van der Waals surface area contributed by atoms with Crippen molar-refractivity contribution in [3.8, 4) is 0 Å². The Morgan fingerprint density at radius 2 is 1.85 bits per heavy atom. The summed E-state index contributed by atoms with van der Waals surface area (Å²) in [6.45, 7) is 2.08. The third-order valence-electron chi connectivity index (χ3n) is 4.73. The molecule has 6 heteroatoms. The number of thioether (sulfide) groups is 1. The van der Waals surface area contributed by atoms with E-state index < -0.39 is 0 Å². The average molecular weight is 374 g/mol. The fourth-order valence-corrected chi connectivity index (χ4v) is 4.36. The van der Waals surface area contributed by atoms with Crippen LogP contribution in [0, 0.1) is 12.7 Å². The van der Waals surface area contributed by atoms with Crippen LogP contribution in [0.5, 0.6) is 0 Å². The molecule has 0 saturated heterocycles. The van der Waals surface area contributed by atoms with E-state index in [1.807, 2.05) is 18.2 Å². The summed E-state index contributed by atoms with van der Waals surface area (Å²) >= 11 is 1.58. The zero-order chi connectivity index (χ0) is 18.4. The largest absolute Gasteiger partial charge is 0.270 e. The zero-order valence-corrected chi connectivity index (χ0v) is 15.4. The first kappa shape index (κ1) is 16.2. The molecule has 0 N–H and O–H groups in total. The van der Waals surface area contributed by atoms with Gasteiger partial charge in [-0.2, -0.15) is 0 Å². The molecule has 0 bridgehead atoms. The van der Waals surface area contributed by atoms with Crippen LogP contribution in [0.15, 0.2) is 66.0 Å². The van der Waals surface area contributed by atoms with E-state index in [1.54, 1.807) is 36.2 Å². The molecule has 0 radical (unpaired) electrons. The standard InChI is InChI=1S/C21H15FN4S/c1-13-11-19-24-25-21(26(19)18-7-3-2-5-15(13)18)27-12-14-8-9-17(22)16-6-4-10-23-20(14)16/h2-11H,12H2,1H3. The Hall–Kier alpha value is -2.99. The van der Waals surface area contributed by atoms with Crippen LogP contribution in [0.1, 0.15) is 11.1 Å². The van der Waals surface area contributed by atoms with E-state index in [9.17, 15) is 4.39 Å². The molecule has 0 spiro atoms. The molecule has 3 heterocycles. The molecule has 27 heavy (non-hydrogen) atoms. The summed E-state index contributed by atoms with van der Waals surface area (Å²) in [5.74, 6) is 0.387. The van der Waals surface area contributed by atoms with Crippen LogP contribution in [-0.4, -0.2) is 19.6 Å². The molecule has 5 rings (SSSR count). The molecular weight excluding hydrogens is 359 g/mol. The van der Waals surface area contributed by atoms with E-state index in [-0.39, 0.29) is 5.82 Å². The summed E-state index contributed by atoms with van der Waals surface area (Å²) in [4.78, 5) is 4.37. The first-order chi connectivity index (χ1) is 13.2. The molecule has 4 nitrogen and oxygen atoms in total. The van der Waals surface area contributed by atoms with Crippen LogP contribution in [0.2, 0.25) is 0 Å². The maximum atomic E-state index is 14.0. The van der Waals surface area contributed by atoms with Crippen molar-refractivity contribution in [3.63, 3.8) is 0 Å². The normalized spacial score (nSPS) is 11.6. The van der Waals surface area contributed by atoms with E-state index in [0.29, 0.717) is 16.7 Å². The van der Waals surface area contributed by atoms with Crippen molar-refractivity contribution in [3.05, 3.63) is 77.7 Å². The number of para-hydroxylation sites is 1. The first-order valence-electron chi connectivity index (χ1n) is 8.61. The van der Waals surface area contributed by atoms with E-state index in [2.05, 4.69) is 38.6 Å². The predicted molar refractivity (Wildman–Crippen MR) is 106 cm³/mol.